The van der Waals surface area contributed by atoms with Crippen LogP contribution in [0.5, 0.6) is 0 Å². The van der Waals surface area contributed by atoms with E-state index in [9.17, 15) is 19.2 Å². The summed E-state index contributed by atoms with van der Waals surface area (Å²) in [4.78, 5) is 50.5. The Morgan fingerprint density at radius 3 is 2.24 bits per heavy atom. The van der Waals surface area contributed by atoms with Crippen molar-refractivity contribution in [2.24, 2.45) is 35.2 Å². The number of nitrogens with zero attached hydrogens (tertiary/aromatic N) is 3. The van der Waals surface area contributed by atoms with Crippen molar-refractivity contribution in [2.45, 2.75) is 78.3 Å². The fourth-order valence-electron chi connectivity index (χ4n) is 4.15. The summed E-state index contributed by atoms with van der Waals surface area (Å²) < 4.78 is 1.96. The van der Waals surface area contributed by atoms with Crippen LogP contribution in [0.15, 0.2) is 53.8 Å². The predicted octanol–water partition coefficient (Wildman–Crippen LogP) is 0.616. The lowest BCUT2D eigenvalue weighted by molar-refractivity contribution is -0.671. The van der Waals surface area contributed by atoms with Gasteiger partial charge in [-0.1, -0.05) is 27.0 Å². The van der Waals surface area contributed by atoms with Crippen LogP contribution in [0, 0.1) is 13.0 Å². The standard InChI is InChI=1S/C12H23N3O2.C11H14NO.C8H15N3O/c1-8(2)7-9(14-3)12(17)15-6-4-5-10(15)11(13)16;1-9(10(2)13)7-11-5-4-6-12(3)8-11;1-6(7(2)12)4-3-5-11-8(9)10/h8-10H,3-7,14H2,1-2H3,(H2,13,16);4-6,8H,1,7H2,2-3H3;1,3-5H2,2H3,(H4,9,10,11)/q;+1;. The summed E-state index contributed by atoms with van der Waals surface area (Å²) >= 11 is 0. The SMILES string of the molecule is C=C(CCCN=C(N)N)C(C)=O.C=C(Cc1ccc[n+](C)c1)C(C)=O.[CH2-][NH2+]C(CC(C)C)C(=O)N1CCCC1C(N)=O. The van der Waals surface area contributed by atoms with E-state index < -0.39 is 11.9 Å². The molecule has 1 aromatic heterocycles. The van der Waals surface area contributed by atoms with Crippen molar-refractivity contribution in [3.63, 3.8) is 0 Å². The largest absolute Gasteiger partial charge is 0.469 e. The number of pyridine rings is 1. The van der Waals surface area contributed by atoms with Gasteiger partial charge in [0.15, 0.2) is 29.9 Å². The number of hydrogen-bond donors (Lipinski definition) is 4. The zero-order valence-corrected chi connectivity index (χ0v) is 26.1. The number of likely N-dealkylation sites (tertiary alicyclic amines) is 1. The minimum absolute atomic E-state index is 0.00463. The van der Waals surface area contributed by atoms with Crippen molar-refractivity contribution >= 4 is 29.3 Å². The molecule has 1 aliphatic heterocycles. The van der Waals surface area contributed by atoms with Gasteiger partial charge in [0.2, 0.25) is 5.91 Å². The molecular weight excluding hydrogens is 534 g/mol. The van der Waals surface area contributed by atoms with Crippen molar-refractivity contribution in [1.29, 1.82) is 0 Å². The van der Waals surface area contributed by atoms with E-state index in [4.69, 9.17) is 17.2 Å². The summed E-state index contributed by atoms with van der Waals surface area (Å²) in [6, 6.07) is 3.34. The average Bonchev–Trinajstić information content (AvgIpc) is 3.40. The molecule has 1 saturated heterocycles. The van der Waals surface area contributed by atoms with E-state index in [0.29, 0.717) is 49.4 Å². The van der Waals surface area contributed by atoms with Gasteiger partial charge in [-0.15, -0.1) is 0 Å². The maximum absolute atomic E-state index is 12.3. The van der Waals surface area contributed by atoms with Gasteiger partial charge in [0.05, 0.1) is 0 Å². The first-order valence-corrected chi connectivity index (χ1v) is 14.2. The van der Waals surface area contributed by atoms with Crippen LogP contribution in [0.2, 0.25) is 0 Å². The maximum atomic E-state index is 12.3. The molecule has 2 heterocycles. The van der Waals surface area contributed by atoms with Crippen LogP contribution in [0.1, 0.15) is 65.4 Å². The van der Waals surface area contributed by atoms with Crippen LogP contribution in [0.3, 0.4) is 0 Å². The Hall–Kier alpha value is -3.86. The highest BCUT2D eigenvalue weighted by Gasteiger charge is 2.36. The minimum atomic E-state index is -0.419. The smallest absolute Gasteiger partial charge is 0.279 e. The number of aryl methyl sites for hydroxylation is 1. The van der Waals surface area contributed by atoms with Gasteiger partial charge >= 0.3 is 0 Å². The average molecular weight is 587 g/mol. The highest BCUT2D eigenvalue weighted by molar-refractivity contribution is 5.93. The van der Waals surface area contributed by atoms with E-state index in [1.807, 2.05) is 36.1 Å². The molecule has 2 unspecified atom stereocenters. The van der Waals surface area contributed by atoms with Crippen LogP contribution in [0.4, 0.5) is 0 Å². The summed E-state index contributed by atoms with van der Waals surface area (Å²) in [5.74, 6) is 0.199. The number of hydrogen-bond acceptors (Lipinski definition) is 5. The second-order valence-electron chi connectivity index (χ2n) is 10.8. The molecule has 0 radical (unpaired) electrons. The Balaban J connectivity index is 0.000000613. The van der Waals surface area contributed by atoms with Crippen molar-refractivity contribution in [3.8, 4) is 0 Å². The first-order valence-electron chi connectivity index (χ1n) is 14.2. The molecule has 1 fully saturated rings. The van der Waals surface area contributed by atoms with E-state index in [1.165, 1.54) is 6.92 Å². The molecule has 2 atom stereocenters. The van der Waals surface area contributed by atoms with E-state index in [2.05, 4.69) is 39.0 Å². The summed E-state index contributed by atoms with van der Waals surface area (Å²) in [5, 5.41) is 1.68. The maximum Gasteiger partial charge on any atom is 0.279 e. The molecule has 234 valence electrons. The van der Waals surface area contributed by atoms with Crippen molar-refractivity contribution < 1.29 is 29.1 Å². The molecule has 11 heteroatoms. The first-order chi connectivity index (χ1) is 19.6. The second-order valence-corrected chi connectivity index (χ2v) is 10.8. The van der Waals surface area contributed by atoms with Crippen LogP contribution in [-0.2, 0) is 32.6 Å². The number of amides is 2. The molecule has 42 heavy (non-hydrogen) atoms. The molecule has 1 aliphatic rings. The van der Waals surface area contributed by atoms with Crippen LogP contribution >= 0.6 is 0 Å². The number of carbonyl (C=O) groups excluding carboxylic acids is 4. The third kappa shape index (κ3) is 15.8. The Labute approximate surface area is 251 Å². The van der Waals surface area contributed by atoms with Gasteiger partial charge in [-0.3, -0.25) is 24.2 Å². The lowest BCUT2D eigenvalue weighted by Crippen LogP contribution is -2.87. The molecular formula is C31H52N7O4+. The lowest BCUT2D eigenvalue weighted by atomic mass is 10.0. The number of carbonyl (C=O) groups is 4. The zero-order valence-electron chi connectivity index (χ0n) is 26.1. The van der Waals surface area contributed by atoms with Crippen molar-refractivity contribution in [2.75, 3.05) is 13.1 Å². The number of rotatable bonds is 13. The molecule has 0 spiro atoms. The van der Waals surface area contributed by atoms with Gasteiger partial charge < -0.3 is 27.4 Å². The quantitative estimate of drug-likeness (QED) is 0.0656. The predicted molar refractivity (Wildman–Crippen MR) is 165 cm³/mol. The van der Waals surface area contributed by atoms with Gasteiger partial charge in [0, 0.05) is 37.6 Å². The molecule has 2 amide bonds. The number of nitrogens with two attached hydrogens (primary N) is 4. The molecule has 0 aromatic carbocycles. The summed E-state index contributed by atoms with van der Waals surface area (Å²) in [7, 11) is 5.67. The fourth-order valence-corrected chi connectivity index (χ4v) is 4.15. The van der Waals surface area contributed by atoms with Crippen LogP contribution < -0.4 is 27.1 Å². The van der Waals surface area contributed by atoms with Gasteiger partial charge in [-0.05, 0) is 62.7 Å². The van der Waals surface area contributed by atoms with E-state index in [0.717, 1.165) is 24.8 Å². The Morgan fingerprint density at radius 2 is 1.76 bits per heavy atom. The number of ketones is 2. The number of quaternary nitrogens is 1. The van der Waals surface area contributed by atoms with Crippen molar-refractivity contribution in [3.05, 3.63) is 61.4 Å². The lowest BCUT2D eigenvalue weighted by Gasteiger charge is -2.27. The summed E-state index contributed by atoms with van der Waals surface area (Å²) in [5.41, 5.74) is 17.9. The Bertz CT molecular complexity index is 1110. The van der Waals surface area contributed by atoms with Crippen molar-refractivity contribution in [1.82, 2.24) is 4.90 Å². The topological polar surface area (TPSA) is 182 Å². The van der Waals surface area contributed by atoms with Crippen LogP contribution in [-0.4, -0.2) is 59.4 Å². The number of aliphatic imine (C=N–C) groups is 1. The van der Waals surface area contributed by atoms with Gasteiger partial charge in [0.25, 0.3) is 5.91 Å². The van der Waals surface area contributed by atoms with Gasteiger partial charge in [-0.2, -0.15) is 7.05 Å². The number of aromatic nitrogens is 1. The van der Waals surface area contributed by atoms with E-state index in [-0.39, 0.29) is 29.5 Å². The summed E-state index contributed by atoms with van der Waals surface area (Å²) in [6.07, 6.45) is 8.32. The fraction of sp³-hybridized carbons (Fsp3) is 0.516. The monoisotopic (exact) mass is 586 g/mol. The van der Waals surface area contributed by atoms with Gasteiger partial charge in [0.1, 0.15) is 19.1 Å². The molecule has 11 nitrogen and oxygen atoms in total. The number of Topliss-reactive ketones (excluding diaryl/α,β-unsaturated/α-hetero) is 2. The number of guanidine groups is 1. The molecule has 1 aromatic rings. The molecule has 0 bridgehead atoms. The second kappa shape index (κ2) is 20.1. The molecule has 0 aliphatic carbocycles. The van der Waals surface area contributed by atoms with E-state index >= 15 is 0 Å². The minimum Gasteiger partial charge on any atom is -0.469 e. The number of allylic oxidation sites excluding steroid dienone is 2. The highest BCUT2D eigenvalue weighted by atomic mass is 16.2. The summed E-state index contributed by atoms with van der Waals surface area (Å²) in [6.45, 7) is 15.7. The first kappa shape index (κ1) is 38.1. The molecule has 8 N–H and O–H groups in total. The Kier molecular flexibility index (Phi) is 18.2. The van der Waals surface area contributed by atoms with Gasteiger partial charge in [-0.25, -0.2) is 4.57 Å². The highest BCUT2D eigenvalue weighted by Crippen LogP contribution is 2.18. The van der Waals surface area contributed by atoms with E-state index in [1.54, 1.807) is 17.1 Å². The Morgan fingerprint density at radius 1 is 1.14 bits per heavy atom. The molecule has 0 saturated carbocycles. The van der Waals surface area contributed by atoms with Crippen LogP contribution in [0.25, 0.3) is 0 Å². The number of primary amides is 1. The third-order valence-corrected chi connectivity index (χ3v) is 6.54. The third-order valence-electron chi connectivity index (χ3n) is 6.54. The normalized spacial score (nSPS) is 14.5. The molecule has 2 rings (SSSR count). The zero-order chi connectivity index (χ0) is 32.4.